The minimum atomic E-state index is -0.0464. The van der Waals surface area contributed by atoms with Gasteiger partial charge in [-0.1, -0.05) is 36.4 Å². The Morgan fingerprint density at radius 3 is 2.68 bits per heavy atom. The fraction of sp³-hybridized carbons (Fsp3) is 0.286. The molecule has 0 N–H and O–H groups in total. The summed E-state index contributed by atoms with van der Waals surface area (Å²) in [7, 11) is 0. The molecule has 25 heavy (non-hydrogen) atoms. The first-order valence-electron chi connectivity index (χ1n) is 8.66. The van der Waals surface area contributed by atoms with Crippen molar-refractivity contribution in [3.8, 4) is 5.75 Å². The van der Waals surface area contributed by atoms with Crippen molar-refractivity contribution in [3.63, 3.8) is 0 Å². The molecule has 1 unspecified atom stereocenters. The van der Waals surface area contributed by atoms with Crippen molar-refractivity contribution in [1.29, 1.82) is 0 Å². The summed E-state index contributed by atoms with van der Waals surface area (Å²) in [6.45, 7) is 1.83. The Bertz CT molecular complexity index is 826. The van der Waals surface area contributed by atoms with Crippen LogP contribution in [0.15, 0.2) is 60.7 Å². The van der Waals surface area contributed by atoms with Gasteiger partial charge in [-0.2, -0.15) is 0 Å². The highest BCUT2D eigenvalue weighted by molar-refractivity contribution is 5.78. The molecule has 1 saturated heterocycles. The van der Waals surface area contributed by atoms with Crippen LogP contribution in [0.25, 0.3) is 10.9 Å². The molecule has 1 aliphatic heterocycles. The highest BCUT2D eigenvalue weighted by Gasteiger charge is 2.15. The number of pyridine rings is 1. The number of aromatic nitrogens is 1. The molecule has 4 heteroatoms. The summed E-state index contributed by atoms with van der Waals surface area (Å²) in [6, 6.07) is 20.2. The van der Waals surface area contributed by atoms with E-state index in [-0.39, 0.29) is 6.29 Å². The number of benzene rings is 2. The van der Waals surface area contributed by atoms with Gasteiger partial charge in [0.25, 0.3) is 0 Å². The first-order chi connectivity index (χ1) is 12.4. The molecule has 4 rings (SSSR count). The lowest BCUT2D eigenvalue weighted by atomic mass is 10.2. The van der Waals surface area contributed by atoms with Gasteiger partial charge in [0.15, 0.2) is 6.29 Å². The summed E-state index contributed by atoms with van der Waals surface area (Å²) < 4.78 is 17.0. The fourth-order valence-corrected chi connectivity index (χ4v) is 2.90. The Labute approximate surface area is 147 Å². The van der Waals surface area contributed by atoms with E-state index in [0.717, 1.165) is 47.4 Å². The quantitative estimate of drug-likeness (QED) is 0.666. The monoisotopic (exact) mass is 335 g/mol. The predicted molar refractivity (Wildman–Crippen MR) is 96.3 cm³/mol. The predicted octanol–water partition coefficient (Wildman–Crippen LogP) is 4.47. The molecule has 0 spiro atoms. The zero-order chi connectivity index (χ0) is 16.9. The molecule has 0 saturated carbocycles. The van der Waals surface area contributed by atoms with Gasteiger partial charge in [-0.25, -0.2) is 4.98 Å². The van der Waals surface area contributed by atoms with Gasteiger partial charge in [0.05, 0.1) is 17.8 Å². The van der Waals surface area contributed by atoms with Crippen LogP contribution in [0.5, 0.6) is 5.75 Å². The maximum absolute atomic E-state index is 5.85. The number of hydrogen-bond donors (Lipinski definition) is 0. The molecular weight excluding hydrogens is 314 g/mol. The molecule has 3 aromatic rings. The van der Waals surface area contributed by atoms with Crippen molar-refractivity contribution in [2.45, 2.75) is 32.3 Å². The number of ether oxygens (including phenoxy) is 3. The van der Waals surface area contributed by atoms with E-state index in [9.17, 15) is 0 Å². The Morgan fingerprint density at radius 1 is 0.960 bits per heavy atom. The van der Waals surface area contributed by atoms with Crippen LogP contribution >= 0.6 is 0 Å². The zero-order valence-corrected chi connectivity index (χ0v) is 14.1. The number of hydrogen-bond acceptors (Lipinski definition) is 4. The third kappa shape index (κ3) is 4.16. The molecular formula is C21H21NO3. The Balaban J connectivity index is 1.32. The molecule has 0 amide bonds. The minimum absolute atomic E-state index is 0.0464. The van der Waals surface area contributed by atoms with Gasteiger partial charge in [0.2, 0.25) is 0 Å². The minimum Gasteiger partial charge on any atom is -0.487 e. The van der Waals surface area contributed by atoms with Crippen molar-refractivity contribution in [2.24, 2.45) is 0 Å². The molecule has 0 aliphatic carbocycles. The van der Waals surface area contributed by atoms with E-state index in [0.29, 0.717) is 13.2 Å². The second kappa shape index (κ2) is 7.64. The van der Waals surface area contributed by atoms with Crippen molar-refractivity contribution in [2.75, 3.05) is 6.61 Å². The van der Waals surface area contributed by atoms with Gasteiger partial charge in [-0.15, -0.1) is 0 Å². The topological polar surface area (TPSA) is 40.6 Å². The third-order valence-corrected chi connectivity index (χ3v) is 4.29. The van der Waals surface area contributed by atoms with Crippen LogP contribution in [-0.2, 0) is 22.7 Å². The summed E-state index contributed by atoms with van der Waals surface area (Å²) in [5.41, 5.74) is 3.03. The molecule has 2 heterocycles. The average Bonchev–Trinajstić information content (AvgIpc) is 3.19. The number of rotatable bonds is 6. The van der Waals surface area contributed by atoms with Crippen LogP contribution in [0.1, 0.15) is 24.1 Å². The van der Waals surface area contributed by atoms with Crippen LogP contribution in [-0.4, -0.2) is 17.9 Å². The number of para-hydroxylation sites is 1. The van der Waals surface area contributed by atoms with E-state index >= 15 is 0 Å². The standard InChI is InChI=1S/C21H21NO3/c1-2-5-20-17(4-1)9-10-18(22-20)15-24-19-11-7-16(8-12-19)14-25-21-6-3-13-23-21/h1-2,4-5,7-12,21H,3,6,13-15H2. The van der Waals surface area contributed by atoms with E-state index < -0.39 is 0 Å². The molecule has 1 aliphatic rings. The van der Waals surface area contributed by atoms with Crippen LogP contribution in [0.4, 0.5) is 0 Å². The zero-order valence-electron chi connectivity index (χ0n) is 14.1. The van der Waals surface area contributed by atoms with E-state index in [1.54, 1.807) is 0 Å². The molecule has 128 valence electrons. The smallest absolute Gasteiger partial charge is 0.158 e. The van der Waals surface area contributed by atoms with Gasteiger partial charge < -0.3 is 14.2 Å². The molecule has 2 aromatic carbocycles. The molecule has 0 bridgehead atoms. The summed E-state index contributed by atoms with van der Waals surface area (Å²) in [4.78, 5) is 4.62. The van der Waals surface area contributed by atoms with E-state index in [2.05, 4.69) is 17.1 Å². The molecule has 4 nitrogen and oxygen atoms in total. The lowest BCUT2D eigenvalue weighted by molar-refractivity contribution is -0.118. The van der Waals surface area contributed by atoms with Gasteiger partial charge in [-0.3, -0.25) is 0 Å². The molecule has 0 radical (unpaired) electrons. The van der Waals surface area contributed by atoms with E-state index in [1.807, 2.05) is 48.5 Å². The molecule has 1 aromatic heterocycles. The second-order valence-electron chi connectivity index (χ2n) is 6.18. The van der Waals surface area contributed by atoms with Crippen molar-refractivity contribution in [3.05, 3.63) is 71.9 Å². The van der Waals surface area contributed by atoms with Crippen LogP contribution < -0.4 is 4.74 Å². The fourth-order valence-electron chi connectivity index (χ4n) is 2.90. The first kappa shape index (κ1) is 16.1. The largest absolute Gasteiger partial charge is 0.487 e. The van der Waals surface area contributed by atoms with Crippen LogP contribution in [0.3, 0.4) is 0 Å². The van der Waals surface area contributed by atoms with E-state index in [4.69, 9.17) is 14.2 Å². The van der Waals surface area contributed by atoms with Gasteiger partial charge in [0.1, 0.15) is 12.4 Å². The lowest BCUT2D eigenvalue weighted by Gasteiger charge is -2.11. The average molecular weight is 335 g/mol. The van der Waals surface area contributed by atoms with Gasteiger partial charge in [-0.05, 0) is 36.2 Å². The Kier molecular flexibility index (Phi) is 4.91. The number of fused-ring (bicyclic) bond motifs is 1. The third-order valence-electron chi connectivity index (χ3n) is 4.29. The van der Waals surface area contributed by atoms with Crippen molar-refractivity contribution >= 4 is 10.9 Å². The maximum atomic E-state index is 5.85. The summed E-state index contributed by atoms with van der Waals surface area (Å²) in [6.07, 6.45) is 2.02. The first-order valence-corrected chi connectivity index (χ1v) is 8.66. The maximum Gasteiger partial charge on any atom is 0.158 e. The van der Waals surface area contributed by atoms with Crippen molar-refractivity contribution in [1.82, 2.24) is 4.98 Å². The van der Waals surface area contributed by atoms with Gasteiger partial charge >= 0.3 is 0 Å². The van der Waals surface area contributed by atoms with E-state index in [1.165, 1.54) is 0 Å². The SMILES string of the molecule is c1ccc2nc(COc3ccc(COC4CCCO4)cc3)ccc2c1. The molecule has 1 fully saturated rings. The van der Waals surface area contributed by atoms with Crippen LogP contribution in [0, 0.1) is 0 Å². The summed E-state index contributed by atoms with van der Waals surface area (Å²) in [5, 5.41) is 1.14. The Hall–Kier alpha value is -2.43. The summed E-state index contributed by atoms with van der Waals surface area (Å²) >= 11 is 0. The van der Waals surface area contributed by atoms with Gasteiger partial charge in [0, 0.05) is 18.4 Å². The summed E-state index contributed by atoms with van der Waals surface area (Å²) in [5.74, 6) is 0.829. The van der Waals surface area contributed by atoms with Crippen molar-refractivity contribution < 1.29 is 14.2 Å². The highest BCUT2D eigenvalue weighted by Crippen LogP contribution is 2.18. The normalized spacial score (nSPS) is 17.0. The molecule has 1 atom stereocenters. The Morgan fingerprint density at radius 2 is 1.84 bits per heavy atom. The highest BCUT2D eigenvalue weighted by atomic mass is 16.7. The second-order valence-corrected chi connectivity index (χ2v) is 6.18. The van der Waals surface area contributed by atoms with Crippen LogP contribution in [0.2, 0.25) is 0 Å². The number of nitrogens with zero attached hydrogens (tertiary/aromatic N) is 1. The lowest BCUT2D eigenvalue weighted by Crippen LogP contribution is -2.10.